The number of halogens is 1. The van der Waals surface area contributed by atoms with Crippen LogP contribution in [0.3, 0.4) is 0 Å². The zero-order chi connectivity index (χ0) is 19.7. The first-order valence-corrected chi connectivity index (χ1v) is 11.7. The number of sulfonamides is 1. The molecule has 0 spiro atoms. The highest BCUT2D eigenvalue weighted by molar-refractivity contribution is 7.89. The van der Waals surface area contributed by atoms with Gasteiger partial charge in [-0.25, -0.2) is 13.4 Å². The molecular weight excluding hydrogens is 470 g/mol. The van der Waals surface area contributed by atoms with Crippen molar-refractivity contribution in [2.45, 2.75) is 31.6 Å². The minimum Gasteiger partial charge on any atom is -1.00 e. The van der Waals surface area contributed by atoms with Crippen LogP contribution in [0.25, 0.3) is 11.3 Å². The van der Waals surface area contributed by atoms with Crippen molar-refractivity contribution in [2.75, 3.05) is 18.4 Å². The topological polar surface area (TPSA) is 62.3 Å². The molecule has 0 aliphatic carbocycles. The van der Waals surface area contributed by atoms with Gasteiger partial charge in [-0.2, -0.15) is 4.31 Å². The van der Waals surface area contributed by atoms with Gasteiger partial charge >= 0.3 is 0 Å². The summed E-state index contributed by atoms with van der Waals surface area (Å²) in [6.45, 7) is 5.41. The van der Waals surface area contributed by atoms with E-state index in [1.165, 1.54) is 22.5 Å². The Labute approximate surface area is 186 Å². The maximum absolute atomic E-state index is 12.6. The van der Waals surface area contributed by atoms with E-state index >= 15 is 0 Å². The average molecular weight is 493 g/mol. The third-order valence-corrected chi connectivity index (χ3v) is 7.79. The van der Waals surface area contributed by atoms with Crippen LogP contribution in [0.1, 0.15) is 24.0 Å². The van der Waals surface area contributed by atoms with Crippen LogP contribution in [-0.4, -0.2) is 30.8 Å². The predicted octanol–water partition coefficient (Wildman–Crippen LogP) is 1.96. The Morgan fingerprint density at radius 3 is 2.34 bits per heavy atom. The summed E-state index contributed by atoms with van der Waals surface area (Å²) in [5.74, 6) is 0. The van der Waals surface area contributed by atoms with Gasteiger partial charge in [0.1, 0.15) is 0 Å². The molecule has 8 heteroatoms. The summed E-state index contributed by atoms with van der Waals surface area (Å²) in [7, 11) is -3.38. The zero-order valence-corrected chi connectivity index (χ0v) is 19.6. The fraction of sp³-hybridized carbons (Fsp3) is 0.286. The second-order valence-corrected chi connectivity index (χ2v) is 9.89. The van der Waals surface area contributed by atoms with E-state index in [0.717, 1.165) is 34.9 Å². The van der Waals surface area contributed by atoms with Crippen LogP contribution < -0.4 is 22.3 Å². The molecule has 1 saturated heterocycles. The molecule has 5 nitrogen and oxygen atoms in total. The average Bonchev–Trinajstić information content (AvgIpc) is 3.37. The van der Waals surface area contributed by atoms with Crippen LogP contribution in [0.2, 0.25) is 0 Å². The minimum absolute atomic E-state index is 0. The number of aromatic nitrogens is 1. The second-order valence-electron chi connectivity index (χ2n) is 7.10. The number of hydrogen-bond acceptors (Lipinski definition) is 5. The van der Waals surface area contributed by atoms with Gasteiger partial charge in [0.2, 0.25) is 10.0 Å². The molecule has 0 atom stereocenters. The number of thiazole rings is 1. The van der Waals surface area contributed by atoms with Crippen molar-refractivity contribution in [3.8, 4) is 11.3 Å². The maximum Gasteiger partial charge on any atom is 0.243 e. The fourth-order valence-corrected chi connectivity index (χ4v) is 5.54. The van der Waals surface area contributed by atoms with E-state index in [0.29, 0.717) is 18.0 Å². The van der Waals surface area contributed by atoms with E-state index in [2.05, 4.69) is 36.3 Å². The van der Waals surface area contributed by atoms with E-state index < -0.39 is 10.0 Å². The van der Waals surface area contributed by atoms with E-state index in [9.17, 15) is 8.42 Å². The number of benzene rings is 2. The lowest BCUT2D eigenvalue weighted by molar-refractivity contribution is -0.00000826. The summed E-state index contributed by atoms with van der Waals surface area (Å²) in [5, 5.41) is 6.13. The number of anilines is 2. The zero-order valence-electron chi connectivity index (χ0n) is 16.4. The van der Waals surface area contributed by atoms with Crippen LogP contribution in [-0.2, 0) is 10.0 Å². The van der Waals surface area contributed by atoms with E-state index in [1.54, 1.807) is 16.4 Å². The van der Waals surface area contributed by atoms with Crippen molar-refractivity contribution >= 4 is 32.2 Å². The van der Waals surface area contributed by atoms with E-state index in [4.69, 9.17) is 0 Å². The molecule has 1 N–H and O–H groups in total. The van der Waals surface area contributed by atoms with E-state index in [-0.39, 0.29) is 17.0 Å². The van der Waals surface area contributed by atoms with Crippen LogP contribution in [0.5, 0.6) is 0 Å². The Bertz CT molecular complexity index is 1090. The van der Waals surface area contributed by atoms with Gasteiger partial charge in [-0.3, -0.25) is 0 Å². The SMILES string of the molecule is Cc1ccc(Nc2nc(-c3ccc(S(=O)(=O)N4CCCC4)cc3)cs2)cc1C.[Br-]. The molecule has 0 unspecified atom stereocenters. The molecule has 2 aromatic carbocycles. The minimum atomic E-state index is -3.38. The number of rotatable bonds is 5. The Balaban J connectivity index is 0.00000240. The number of nitrogens with zero attached hydrogens (tertiary/aromatic N) is 2. The van der Waals surface area contributed by atoms with Crippen molar-refractivity contribution in [3.63, 3.8) is 0 Å². The third kappa shape index (κ3) is 4.71. The predicted molar refractivity (Wildman–Crippen MR) is 115 cm³/mol. The highest BCUT2D eigenvalue weighted by atomic mass is 79.9. The van der Waals surface area contributed by atoms with Crippen molar-refractivity contribution in [2.24, 2.45) is 0 Å². The van der Waals surface area contributed by atoms with Crippen LogP contribution in [0, 0.1) is 13.8 Å². The second kappa shape index (κ2) is 8.95. The van der Waals surface area contributed by atoms with Gasteiger partial charge in [0.15, 0.2) is 5.13 Å². The quantitative estimate of drug-likeness (QED) is 0.591. The first kappa shape index (κ1) is 22.0. The summed E-state index contributed by atoms with van der Waals surface area (Å²) in [5.41, 5.74) is 5.24. The van der Waals surface area contributed by atoms with Gasteiger partial charge in [0, 0.05) is 29.7 Å². The summed E-state index contributed by atoms with van der Waals surface area (Å²) in [4.78, 5) is 4.99. The van der Waals surface area contributed by atoms with Crippen molar-refractivity contribution in [1.29, 1.82) is 0 Å². The Morgan fingerprint density at radius 1 is 1.00 bits per heavy atom. The number of nitrogens with one attached hydrogen (secondary N) is 1. The molecule has 4 rings (SSSR count). The fourth-order valence-electron chi connectivity index (χ4n) is 3.28. The lowest BCUT2D eigenvalue weighted by atomic mass is 10.1. The van der Waals surface area contributed by atoms with Crippen LogP contribution in [0.15, 0.2) is 52.7 Å². The first-order chi connectivity index (χ1) is 13.4. The van der Waals surface area contributed by atoms with Gasteiger partial charge < -0.3 is 22.3 Å². The molecule has 0 saturated carbocycles. The monoisotopic (exact) mass is 492 g/mol. The van der Waals surface area contributed by atoms with E-state index in [1.807, 2.05) is 23.6 Å². The normalized spacial score (nSPS) is 14.6. The van der Waals surface area contributed by atoms with Crippen molar-refractivity contribution < 1.29 is 25.4 Å². The summed E-state index contributed by atoms with van der Waals surface area (Å²) >= 11 is 1.53. The molecule has 1 aliphatic rings. The smallest absolute Gasteiger partial charge is 0.243 e. The van der Waals surface area contributed by atoms with Gasteiger partial charge in [-0.05, 0) is 62.1 Å². The molecule has 0 radical (unpaired) electrons. The summed E-state index contributed by atoms with van der Waals surface area (Å²) in [6.07, 6.45) is 1.87. The summed E-state index contributed by atoms with van der Waals surface area (Å²) < 4.78 is 26.9. The highest BCUT2D eigenvalue weighted by Gasteiger charge is 2.27. The van der Waals surface area contributed by atoms with Gasteiger partial charge in [0.05, 0.1) is 10.6 Å². The molecule has 1 aromatic heterocycles. The third-order valence-electron chi connectivity index (χ3n) is 5.12. The van der Waals surface area contributed by atoms with Crippen LogP contribution in [0.4, 0.5) is 10.8 Å². The molecule has 154 valence electrons. The largest absolute Gasteiger partial charge is 1.00 e. The Morgan fingerprint density at radius 2 is 1.69 bits per heavy atom. The molecule has 2 heterocycles. The molecule has 0 bridgehead atoms. The van der Waals surface area contributed by atoms with Crippen molar-refractivity contribution in [1.82, 2.24) is 9.29 Å². The van der Waals surface area contributed by atoms with Crippen molar-refractivity contribution in [3.05, 3.63) is 59.0 Å². The van der Waals surface area contributed by atoms with Crippen LogP contribution >= 0.6 is 11.3 Å². The van der Waals surface area contributed by atoms with Gasteiger partial charge in [0.25, 0.3) is 0 Å². The molecule has 29 heavy (non-hydrogen) atoms. The molecular formula is C21H23BrN3O2S2-. The van der Waals surface area contributed by atoms with Gasteiger partial charge in [-0.1, -0.05) is 18.2 Å². The standard InChI is InChI=1S/C21H23N3O2S2.BrH/c1-15-5-8-18(13-16(15)2)22-21-23-20(14-27-21)17-6-9-19(10-7-17)28(25,26)24-11-3-4-12-24;/h5-10,13-14H,3-4,11-12H2,1-2H3,(H,22,23);1H/p-1. The lowest BCUT2D eigenvalue weighted by Crippen LogP contribution is -3.00. The van der Waals surface area contributed by atoms with Gasteiger partial charge in [-0.15, -0.1) is 11.3 Å². The Hall–Kier alpha value is -1.74. The molecule has 1 aliphatic heterocycles. The number of aryl methyl sites for hydroxylation is 2. The number of hydrogen-bond donors (Lipinski definition) is 1. The molecule has 1 fully saturated rings. The molecule has 3 aromatic rings. The Kier molecular flexibility index (Phi) is 6.78. The highest BCUT2D eigenvalue weighted by Crippen LogP contribution is 2.29. The first-order valence-electron chi connectivity index (χ1n) is 9.34. The maximum atomic E-state index is 12.6. The lowest BCUT2D eigenvalue weighted by Gasteiger charge is -2.15. The molecule has 0 amide bonds. The summed E-state index contributed by atoms with van der Waals surface area (Å²) in [6, 6.07) is 13.3.